The first kappa shape index (κ1) is 23.6. The average Bonchev–Trinajstić information content (AvgIpc) is 2.57. The van der Waals surface area contributed by atoms with Crippen molar-refractivity contribution in [1.29, 1.82) is 0 Å². The van der Waals surface area contributed by atoms with E-state index in [4.69, 9.17) is 15.2 Å². The third-order valence-corrected chi connectivity index (χ3v) is 3.14. The lowest BCUT2D eigenvalue weighted by molar-refractivity contribution is -0.138. The topological polar surface area (TPSA) is 90.7 Å². The van der Waals surface area contributed by atoms with Gasteiger partial charge in [-0.15, -0.1) is 12.4 Å². The number of halogens is 2. The van der Waals surface area contributed by atoms with Gasteiger partial charge in [-0.25, -0.2) is 9.18 Å². The first-order valence-electron chi connectivity index (χ1n) is 7.79. The van der Waals surface area contributed by atoms with Crippen LogP contribution in [0.5, 0.6) is 5.75 Å². The van der Waals surface area contributed by atoms with Crippen LogP contribution < -0.4 is 15.8 Å². The van der Waals surface area contributed by atoms with Crippen LogP contribution in [0.4, 0.5) is 10.1 Å². The molecule has 26 heavy (non-hydrogen) atoms. The highest BCUT2D eigenvalue weighted by atomic mass is 35.5. The number of esters is 1. The number of carbonyl (C=O) groups excluding carboxylic acids is 2. The SMILES string of the molecule is CCOC(=O)/C(C)=C/c1cc(OC/C(=C\F)CN)ccc1NC(C)=O.Cl. The van der Waals surface area contributed by atoms with Gasteiger partial charge in [0.15, 0.2) is 0 Å². The molecule has 0 aromatic heterocycles. The summed E-state index contributed by atoms with van der Waals surface area (Å²) < 4.78 is 23.0. The number of rotatable bonds is 8. The number of hydrogen-bond acceptors (Lipinski definition) is 5. The van der Waals surface area contributed by atoms with Crippen molar-refractivity contribution in [2.45, 2.75) is 20.8 Å². The highest BCUT2D eigenvalue weighted by Crippen LogP contribution is 2.25. The minimum absolute atomic E-state index is 0. The van der Waals surface area contributed by atoms with Crippen molar-refractivity contribution in [2.24, 2.45) is 5.73 Å². The van der Waals surface area contributed by atoms with Crippen LogP contribution in [0.25, 0.3) is 6.08 Å². The van der Waals surface area contributed by atoms with Crippen LogP contribution in [-0.2, 0) is 14.3 Å². The van der Waals surface area contributed by atoms with Crippen molar-refractivity contribution in [1.82, 2.24) is 0 Å². The van der Waals surface area contributed by atoms with Gasteiger partial charge in [-0.1, -0.05) is 0 Å². The second-order valence-electron chi connectivity index (χ2n) is 5.24. The van der Waals surface area contributed by atoms with Crippen LogP contribution in [0.3, 0.4) is 0 Å². The maximum Gasteiger partial charge on any atom is 0.333 e. The Bertz CT molecular complexity index is 690. The Kier molecular flexibility index (Phi) is 10.9. The molecule has 1 rings (SSSR count). The highest BCUT2D eigenvalue weighted by Gasteiger charge is 2.09. The van der Waals surface area contributed by atoms with Crippen LogP contribution in [0, 0.1) is 0 Å². The lowest BCUT2D eigenvalue weighted by Crippen LogP contribution is -2.11. The molecule has 0 bridgehead atoms. The maximum atomic E-state index is 12.6. The maximum absolute atomic E-state index is 12.6. The molecule has 1 amide bonds. The second-order valence-corrected chi connectivity index (χ2v) is 5.24. The van der Waals surface area contributed by atoms with Crippen molar-refractivity contribution in [3.63, 3.8) is 0 Å². The molecule has 3 N–H and O–H groups in total. The lowest BCUT2D eigenvalue weighted by Gasteiger charge is -2.12. The highest BCUT2D eigenvalue weighted by molar-refractivity contribution is 5.96. The van der Waals surface area contributed by atoms with Crippen molar-refractivity contribution in [3.05, 3.63) is 41.2 Å². The fourth-order valence-corrected chi connectivity index (χ4v) is 1.90. The van der Waals surface area contributed by atoms with Gasteiger partial charge in [0.2, 0.25) is 5.91 Å². The van der Waals surface area contributed by atoms with Crippen molar-refractivity contribution in [2.75, 3.05) is 25.1 Å². The molecular formula is C18H24ClFN2O4. The van der Waals surface area contributed by atoms with E-state index in [0.717, 1.165) is 0 Å². The minimum Gasteiger partial charge on any atom is -0.489 e. The van der Waals surface area contributed by atoms with Crippen molar-refractivity contribution in [3.8, 4) is 5.75 Å². The molecule has 0 spiro atoms. The van der Waals surface area contributed by atoms with Gasteiger partial charge in [0, 0.05) is 35.9 Å². The lowest BCUT2D eigenvalue weighted by atomic mass is 10.1. The fraction of sp³-hybridized carbons (Fsp3) is 0.333. The van der Waals surface area contributed by atoms with Gasteiger partial charge in [-0.3, -0.25) is 4.79 Å². The third-order valence-electron chi connectivity index (χ3n) is 3.14. The Morgan fingerprint density at radius 2 is 2.00 bits per heavy atom. The van der Waals surface area contributed by atoms with E-state index in [9.17, 15) is 14.0 Å². The second kappa shape index (κ2) is 12.1. The van der Waals surface area contributed by atoms with E-state index < -0.39 is 5.97 Å². The van der Waals surface area contributed by atoms with Crippen LogP contribution >= 0.6 is 12.4 Å². The monoisotopic (exact) mass is 386 g/mol. The fourth-order valence-electron chi connectivity index (χ4n) is 1.90. The summed E-state index contributed by atoms with van der Waals surface area (Å²) >= 11 is 0. The molecule has 0 aliphatic rings. The number of nitrogens with two attached hydrogens (primary N) is 1. The van der Waals surface area contributed by atoms with E-state index in [-0.39, 0.29) is 38.1 Å². The molecule has 0 fully saturated rings. The summed E-state index contributed by atoms with van der Waals surface area (Å²) in [6, 6.07) is 4.91. The minimum atomic E-state index is -0.451. The van der Waals surface area contributed by atoms with Gasteiger partial charge < -0.3 is 20.5 Å². The molecule has 0 radical (unpaired) electrons. The zero-order valence-corrected chi connectivity index (χ0v) is 15.8. The summed E-state index contributed by atoms with van der Waals surface area (Å²) in [5.41, 5.74) is 7.15. The molecular weight excluding hydrogens is 363 g/mol. The first-order valence-corrected chi connectivity index (χ1v) is 7.79. The van der Waals surface area contributed by atoms with Gasteiger partial charge in [0.1, 0.15) is 12.4 Å². The van der Waals surface area contributed by atoms with E-state index >= 15 is 0 Å². The van der Waals surface area contributed by atoms with Gasteiger partial charge in [0.05, 0.1) is 12.9 Å². The Labute approximate surface area is 158 Å². The summed E-state index contributed by atoms with van der Waals surface area (Å²) in [4.78, 5) is 23.1. The van der Waals surface area contributed by atoms with Crippen LogP contribution in [0.2, 0.25) is 0 Å². The van der Waals surface area contributed by atoms with Crippen molar-refractivity contribution < 1.29 is 23.5 Å². The molecule has 0 aliphatic carbocycles. The molecule has 1 aromatic carbocycles. The van der Waals surface area contributed by atoms with E-state index in [1.165, 1.54) is 6.92 Å². The summed E-state index contributed by atoms with van der Waals surface area (Å²) in [5.74, 6) is -0.249. The normalized spacial score (nSPS) is 11.4. The van der Waals surface area contributed by atoms with E-state index in [2.05, 4.69) is 5.32 Å². The first-order chi connectivity index (χ1) is 11.9. The smallest absolute Gasteiger partial charge is 0.333 e. The largest absolute Gasteiger partial charge is 0.489 e. The summed E-state index contributed by atoms with van der Waals surface area (Å²) in [6.07, 6.45) is 2.00. The standard InChI is InChI=1S/C18H23FN2O4.ClH/c1-4-24-18(23)12(2)7-15-8-16(25-11-14(9-19)10-20)5-6-17(15)21-13(3)22;/h5-9H,4,10-11,20H2,1-3H3,(H,21,22);1H/b12-7+,14-9-;. The molecule has 0 heterocycles. The summed E-state index contributed by atoms with van der Waals surface area (Å²) in [5, 5.41) is 2.68. The zero-order valence-electron chi connectivity index (χ0n) is 15.0. The molecule has 0 unspecified atom stereocenters. The van der Waals surface area contributed by atoms with Crippen LogP contribution in [-0.4, -0.2) is 31.6 Å². The number of benzene rings is 1. The number of hydrogen-bond donors (Lipinski definition) is 2. The average molecular weight is 387 g/mol. The van der Waals surface area contributed by atoms with Gasteiger partial charge in [-0.05, 0) is 38.1 Å². The number of anilines is 1. The third kappa shape index (κ3) is 7.67. The van der Waals surface area contributed by atoms with Crippen LogP contribution in [0.1, 0.15) is 26.3 Å². The Morgan fingerprint density at radius 3 is 2.54 bits per heavy atom. The Balaban J connectivity index is 0.00000625. The van der Waals surface area contributed by atoms with Gasteiger partial charge in [-0.2, -0.15) is 0 Å². The molecule has 0 atom stereocenters. The van der Waals surface area contributed by atoms with Gasteiger partial charge in [0.25, 0.3) is 0 Å². The number of ether oxygens (including phenoxy) is 2. The predicted molar refractivity (Wildman–Crippen MR) is 102 cm³/mol. The Morgan fingerprint density at radius 1 is 1.31 bits per heavy atom. The molecule has 0 aliphatic heterocycles. The molecule has 144 valence electrons. The summed E-state index contributed by atoms with van der Waals surface area (Å²) in [6.45, 7) is 5.04. The zero-order chi connectivity index (χ0) is 18.8. The number of nitrogens with one attached hydrogen (secondary N) is 1. The summed E-state index contributed by atoms with van der Waals surface area (Å²) in [7, 11) is 0. The number of amides is 1. The molecule has 6 nitrogen and oxygen atoms in total. The number of carbonyl (C=O) groups is 2. The quantitative estimate of drug-likeness (QED) is 0.528. The van der Waals surface area contributed by atoms with E-state index in [1.54, 1.807) is 38.1 Å². The van der Waals surface area contributed by atoms with E-state index in [1.807, 2.05) is 0 Å². The molecule has 1 aromatic rings. The van der Waals surface area contributed by atoms with E-state index in [0.29, 0.717) is 34.5 Å². The van der Waals surface area contributed by atoms with Gasteiger partial charge >= 0.3 is 5.97 Å². The predicted octanol–water partition coefficient (Wildman–Crippen LogP) is 3.22. The van der Waals surface area contributed by atoms with Crippen LogP contribution in [0.15, 0.2) is 35.7 Å². The Hall–Kier alpha value is -2.38. The molecule has 8 heteroatoms. The molecule has 0 saturated heterocycles. The molecule has 0 saturated carbocycles. The van der Waals surface area contributed by atoms with Crippen molar-refractivity contribution >= 4 is 36.0 Å².